The highest BCUT2D eigenvalue weighted by molar-refractivity contribution is 9.11. The predicted molar refractivity (Wildman–Crippen MR) is 84.3 cm³/mol. The number of aliphatic hydroxyl groups is 1. The first-order valence-electron chi connectivity index (χ1n) is 6.56. The van der Waals surface area contributed by atoms with E-state index in [-0.39, 0.29) is 17.9 Å². The number of thiophene rings is 1. The summed E-state index contributed by atoms with van der Waals surface area (Å²) in [7, 11) is -3.48. The van der Waals surface area contributed by atoms with E-state index in [1.807, 2.05) is 0 Å². The van der Waals surface area contributed by atoms with Crippen LogP contribution < -0.4 is 0 Å². The molecule has 2 atom stereocenters. The van der Waals surface area contributed by atoms with E-state index in [2.05, 4.69) is 36.7 Å². The van der Waals surface area contributed by atoms with Gasteiger partial charge in [-0.15, -0.1) is 11.3 Å². The molecule has 1 N–H and O–H groups in total. The van der Waals surface area contributed by atoms with Crippen molar-refractivity contribution in [1.29, 1.82) is 0 Å². The van der Waals surface area contributed by atoms with Crippen molar-refractivity contribution in [2.24, 2.45) is 11.3 Å². The zero-order valence-electron chi connectivity index (χ0n) is 11.8. The quantitative estimate of drug-likeness (QED) is 0.856. The Labute approximate surface area is 133 Å². The van der Waals surface area contributed by atoms with Gasteiger partial charge in [-0.1, -0.05) is 20.8 Å². The molecule has 1 fully saturated rings. The van der Waals surface area contributed by atoms with E-state index in [1.54, 1.807) is 12.1 Å². The van der Waals surface area contributed by atoms with Crippen LogP contribution in [0.15, 0.2) is 20.1 Å². The maximum Gasteiger partial charge on any atom is 0.252 e. The number of aliphatic hydroxyl groups excluding tert-OH is 1. The highest BCUT2D eigenvalue weighted by atomic mass is 79.9. The zero-order valence-corrected chi connectivity index (χ0v) is 15.1. The maximum atomic E-state index is 12.5. The molecule has 1 aromatic rings. The van der Waals surface area contributed by atoms with Gasteiger partial charge in [0.1, 0.15) is 4.21 Å². The Balaban J connectivity index is 2.17. The van der Waals surface area contributed by atoms with E-state index >= 15 is 0 Å². The van der Waals surface area contributed by atoms with Crippen LogP contribution in [0.1, 0.15) is 27.2 Å². The molecule has 1 aliphatic rings. The first-order valence-corrected chi connectivity index (χ1v) is 9.61. The lowest BCUT2D eigenvalue weighted by atomic mass is 9.74. The van der Waals surface area contributed by atoms with Gasteiger partial charge in [-0.05, 0) is 45.8 Å². The fourth-order valence-corrected chi connectivity index (χ4v) is 6.33. The average Bonchev–Trinajstić information content (AvgIpc) is 2.74. The fraction of sp³-hybridized carbons (Fsp3) is 0.692. The lowest BCUT2D eigenvalue weighted by molar-refractivity contribution is -0.00205. The number of hydrogen-bond donors (Lipinski definition) is 1. The number of nitrogens with zero attached hydrogens (tertiary/aromatic N) is 1. The average molecular weight is 382 g/mol. The van der Waals surface area contributed by atoms with Crippen LogP contribution in [-0.4, -0.2) is 37.0 Å². The molecule has 2 heterocycles. The monoisotopic (exact) mass is 381 g/mol. The molecule has 0 unspecified atom stereocenters. The van der Waals surface area contributed by atoms with Crippen LogP contribution in [0.25, 0.3) is 0 Å². The molecule has 1 aromatic heterocycles. The van der Waals surface area contributed by atoms with Crippen LogP contribution in [0.4, 0.5) is 0 Å². The standard InChI is InChI=1S/C13H20BrNO3S2/c1-13(2,3)9-6-7-15(8-10(9)16)20(17,18)12-5-4-11(14)19-12/h4-5,9-10,16H,6-8H2,1-3H3/t9-,10-/m1/s1. The van der Waals surface area contributed by atoms with E-state index in [1.165, 1.54) is 15.6 Å². The van der Waals surface area contributed by atoms with Crippen molar-refractivity contribution in [3.8, 4) is 0 Å². The highest BCUT2D eigenvalue weighted by Crippen LogP contribution is 2.37. The van der Waals surface area contributed by atoms with Crippen molar-refractivity contribution in [3.63, 3.8) is 0 Å². The minimum absolute atomic E-state index is 0.0127. The zero-order chi connectivity index (χ0) is 15.1. The predicted octanol–water partition coefficient (Wildman–Crippen LogP) is 2.93. The Kier molecular flexibility index (Phi) is 4.67. The van der Waals surface area contributed by atoms with E-state index < -0.39 is 16.1 Å². The van der Waals surface area contributed by atoms with Crippen LogP contribution in [0.2, 0.25) is 0 Å². The van der Waals surface area contributed by atoms with Crippen molar-refractivity contribution in [1.82, 2.24) is 4.31 Å². The lowest BCUT2D eigenvalue weighted by Crippen LogP contribution is -2.49. The Morgan fingerprint density at radius 1 is 1.40 bits per heavy atom. The van der Waals surface area contributed by atoms with Crippen LogP contribution in [-0.2, 0) is 10.0 Å². The van der Waals surface area contributed by atoms with Gasteiger partial charge in [0.2, 0.25) is 0 Å². The van der Waals surface area contributed by atoms with Crippen molar-refractivity contribution in [2.75, 3.05) is 13.1 Å². The number of piperidine rings is 1. The molecule has 7 heteroatoms. The SMILES string of the molecule is CC(C)(C)[C@@H]1CCN(S(=O)(=O)c2ccc(Br)s2)C[C@H]1O. The first-order chi connectivity index (χ1) is 9.12. The van der Waals surface area contributed by atoms with Gasteiger partial charge < -0.3 is 5.11 Å². The summed E-state index contributed by atoms with van der Waals surface area (Å²) in [6.45, 7) is 6.90. The summed E-state index contributed by atoms with van der Waals surface area (Å²) in [5.74, 6) is 0.129. The minimum Gasteiger partial charge on any atom is -0.391 e. The number of β-amino-alcohol motifs (C(OH)–C–C–N with tert-alkyl or cyclic N) is 1. The smallest absolute Gasteiger partial charge is 0.252 e. The van der Waals surface area contributed by atoms with Gasteiger partial charge in [0.15, 0.2) is 0 Å². The van der Waals surface area contributed by atoms with Gasteiger partial charge in [0.25, 0.3) is 10.0 Å². The van der Waals surface area contributed by atoms with Gasteiger partial charge in [-0.2, -0.15) is 4.31 Å². The molecule has 4 nitrogen and oxygen atoms in total. The molecular weight excluding hydrogens is 362 g/mol. The molecular formula is C13H20BrNO3S2. The molecule has 1 saturated heterocycles. The van der Waals surface area contributed by atoms with Crippen LogP contribution in [0.5, 0.6) is 0 Å². The van der Waals surface area contributed by atoms with E-state index in [9.17, 15) is 13.5 Å². The molecule has 0 bridgehead atoms. The topological polar surface area (TPSA) is 57.6 Å². The van der Waals surface area contributed by atoms with E-state index in [4.69, 9.17) is 0 Å². The van der Waals surface area contributed by atoms with E-state index in [0.29, 0.717) is 17.2 Å². The van der Waals surface area contributed by atoms with Crippen molar-refractivity contribution in [2.45, 2.75) is 37.5 Å². The summed E-state index contributed by atoms with van der Waals surface area (Å²) < 4.78 is 27.5. The Morgan fingerprint density at radius 2 is 2.05 bits per heavy atom. The third-order valence-corrected chi connectivity index (χ3v) is 7.76. The fourth-order valence-electron chi connectivity index (χ4n) is 2.69. The van der Waals surface area contributed by atoms with Crippen molar-refractivity contribution < 1.29 is 13.5 Å². The van der Waals surface area contributed by atoms with Gasteiger partial charge >= 0.3 is 0 Å². The van der Waals surface area contributed by atoms with E-state index in [0.717, 1.165) is 3.79 Å². The summed E-state index contributed by atoms with van der Waals surface area (Å²) in [5.41, 5.74) is -0.0127. The summed E-state index contributed by atoms with van der Waals surface area (Å²) in [6, 6.07) is 3.34. The highest BCUT2D eigenvalue weighted by Gasteiger charge is 2.39. The maximum absolute atomic E-state index is 12.5. The Morgan fingerprint density at radius 3 is 2.50 bits per heavy atom. The number of rotatable bonds is 2. The van der Waals surface area contributed by atoms with Gasteiger partial charge in [0, 0.05) is 13.1 Å². The second-order valence-corrected chi connectivity index (χ2v) is 10.9. The van der Waals surface area contributed by atoms with Crippen molar-refractivity contribution in [3.05, 3.63) is 15.9 Å². The summed E-state index contributed by atoms with van der Waals surface area (Å²) in [4.78, 5) is 0. The first kappa shape index (κ1) is 16.4. The molecule has 0 radical (unpaired) electrons. The molecule has 1 aliphatic heterocycles. The second kappa shape index (κ2) is 5.68. The Hall–Kier alpha value is 0.0500. The summed E-state index contributed by atoms with van der Waals surface area (Å²) in [5, 5.41) is 10.3. The van der Waals surface area contributed by atoms with Gasteiger partial charge in [0.05, 0.1) is 9.89 Å². The Bertz CT molecular complexity index is 577. The summed E-state index contributed by atoms with van der Waals surface area (Å²) >= 11 is 4.48. The van der Waals surface area contributed by atoms with Crippen molar-refractivity contribution >= 4 is 37.3 Å². The molecule has 0 amide bonds. The summed E-state index contributed by atoms with van der Waals surface area (Å²) in [6.07, 6.45) is 0.0816. The number of sulfonamides is 1. The van der Waals surface area contributed by atoms with Crippen LogP contribution in [0, 0.1) is 11.3 Å². The molecule has 114 valence electrons. The van der Waals surface area contributed by atoms with Gasteiger partial charge in [-0.25, -0.2) is 8.42 Å². The molecule has 2 rings (SSSR count). The molecule has 0 saturated carbocycles. The molecule has 20 heavy (non-hydrogen) atoms. The molecule has 0 spiro atoms. The van der Waals surface area contributed by atoms with Crippen LogP contribution in [0.3, 0.4) is 0 Å². The number of halogens is 1. The van der Waals surface area contributed by atoms with Crippen LogP contribution >= 0.6 is 27.3 Å². The third kappa shape index (κ3) is 3.27. The van der Waals surface area contributed by atoms with Gasteiger partial charge in [-0.3, -0.25) is 0 Å². The third-order valence-electron chi connectivity index (χ3n) is 3.80. The lowest BCUT2D eigenvalue weighted by Gasteiger charge is -2.41. The molecule has 0 aliphatic carbocycles. The number of hydrogen-bond acceptors (Lipinski definition) is 4. The largest absolute Gasteiger partial charge is 0.391 e. The minimum atomic E-state index is -3.48. The normalized spacial score (nSPS) is 25.9. The molecule has 0 aromatic carbocycles. The second-order valence-electron chi connectivity index (χ2n) is 6.25.